The summed E-state index contributed by atoms with van der Waals surface area (Å²) >= 11 is 0. The molecule has 0 radical (unpaired) electrons. The molecule has 3 aromatic rings. The summed E-state index contributed by atoms with van der Waals surface area (Å²) in [5.74, 6) is 0.0709. The molecule has 1 amide bonds. The topological polar surface area (TPSA) is 76.2 Å². The number of hydrogen-bond acceptors (Lipinski definition) is 4. The van der Waals surface area contributed by atoms with Gasteiger partial charge in [-0.2, -0.15) is 5.10 Å². The molecule has 1 aliphatic heterocycles. The van der Waals surface area contributed by atoms with Crippen molar-refractivity contribution in [1.82, 2.24) is 14.7 Å². The number of rotatable bonds is 5. The van der Waals surface area contributed by atoms with Crippen molar-refractivity contribution in [3.05, 3.63) is 77.7 Å². The first-order valence-electron chi connectivity index (χ1n) is 9.65. The Morgan fingerprint density at radius 2 is 1.87 bits per heavy atom. The number of likely N-dealkylation sites (tertiary alicyclic amines) is 1. The predicted octanol–water partition coefficient (Wildman–Crippen LogP) is 3.11. The van der Waals surface area contributed by atoms with Crippen molar-refractivity contribution >= 4 is 24.1 Å². The van der Waals surface area contributed by atoms with E-state index in [1.807, 2.05) is 23.1 Å². The molecule has 0 bridgehead atoms. The SMILES string of the molecule is Cc1cc(NC(=O)CN2C[C@@H](N)[C@H](c3ccccc3)C2)n(-c2ccccc2F)n1.Cl. The summed E-state index contributed by atoms with van der Waals surface area (Å²) in [6.45, 7) is 3.40. The van der Waals surface area contributed by atoms with Gasteiger partial charge in [0.15, 0.2) is 0 Å². The first-order chi connectivity index (χ1) is 14.0. The van der Waals surface area contributed by atoms with E-state index in [2.05, 4.69) is 22.5 Å². The average molecular weight is 430 g/mol. The third kappa shape index (κ3) is 4.70. The highest BCUT2D eigenvalue weighted by Gasteiger charge is 2.32. The van der Waals surface area contributed by atoms with E-state index in [0.29, 0.717) is 23.7 Å². The van der Waals surface area contributed by atoms with Crippen molar-refractivity contribution in [2.45, 2.75) is 18.9 Å². The summed E-state index contributed by atoms with van der Waals surface area (Å²) < 4.78 is 15.6. The molecule has 1 saturated heterocycles. The third-order valence-electron chi connectivity index (χ3n) is 5.22. The lowest BCUT2D eigenvalue weighted by atomic mass is 9.95. The zero-order valence-corrected chi connectivity index (χ0v) is 17.5. The van der Waals surface area contributed by atoms with Crippen LogP contribution in [-0.2, 0) is 4.79 Å². The zero-order chi connectivity index (χ0) is 20.4. The lowest BCUT2D eigenvalue weighted by Gasteiger charge is -2.16. The lowest BCUT2D eigenvalue weighted by molar-refractivity contribution is -0.117. The van der Waals surface area contributed by atoms with E-state index in [1.165, 1.54) is 16.3 Å². The van der Waals surface area contributed by atoms with Crippen molar-refractivity contribution in [3.63, 3.8) is 0 Å². The molecule has 1 fully saturated rings. The highest BCUT2D eigenvalue weighted by Crippen LogP contribution is 2.26. The maximum atomic E-state index is 14.2. The van der Waals surface area contributed by atoms with Crippen LogP contribution in [0.4, 0.5) is 10.2 Å². The van der Waals surface area contributed by atoms with E-state index in [1.54, 1.807) is 31.2 Å². The molecule has 158 valence electrons. The molecule has 0 aliphatic carbocycles. The first-order valence-corrected chi connectivity index (χ1v) is 9.65. The van der Waals surface area contributed by atoms with Crippen molar-refractivity contribution in [2.24, 2.45) is 5.73 Å². The average Bonchev–Trinajstić information content (AvgIpc) is 3.24. The number of halogens is 2. The molecule has 0 saturated carbocycles. The van der Waals surface area contributed by atoms with Gasteiger partial charge in [0.25, 0.3) is 0 Å². The molecule has 1 aromatic heterocycles. The Kier molecular flexibility index (Phi) is 6.87. The molecule has 2 heterocycles. The normalized spacial score (nSPS) is 18.8. The van der Waals surface area contributed by atoms with E-state index < -0.39 is 5.82 Å². The molecule has 2 atom stereocenters. The second kappa shape index (κ2) is 9.38. The Hall–Kier alpha value is -2.74. The molecule has 1 aliphatic rings. The van der Waals surface area contributed by atoms with E-state index in [0.717, 1.165) is 6.54 Å². The molecule has 0 spiro atoms. The maximum Gasteiger partial charge on any atom is 0.239 e. The molecule has 2 aromatic carbocycles. The van der Waals surface area contributed by atoms with Gasteiger partial charge >= 0.3 is 0 Å². The number of nitrogens with zero attached hydrogens (tertiary/aromatic N) is 3. The fourth-order valence-electron chi connectivity index (χ4n) is 3.88. The zero-order valence-electron chi connectivity index (χ0n) is 16.7. The third-order valence-corrected chi connectivity index (χ3v) is 5.22. The van der Waals surface area contributed by atoms with Gasteiger partial charge in [0, 0.05) is 31.1 Å². The summed E-state index contributed by atoms with van der Waals surface area (Å²) in [6, 6.07) is 18.2. The number of aromatic nitrogens is 2. The van der Waals surface area contributed by atoms with Crippen LogP contribution in [0.5, 0.6) is 0 Å². The van der Waals surface area contributed by atoms with Crippen LogP contribution in [-0.4, -0.2) is 46.3 Å². The number of hydrogen-bond donors (Lipinski definition) is 2. The van der Waals surface area contributed by atoms with Crippen LogP contribution in [0, 0.1) is 12.7 Å². The molecular weight excluding hydrogens is 405 g/mol. The molecule has 3 N–H and O–H groups in total. The maximum absolute atomic E-state index is 14.2. The van der Waals surface area contributed by atoms with Crippen LogP contribution in [0.3, 0.4) is 0 Å². The van der Waals surface area contributed by atoms with Crippen molar-refractivity contribution < 1.29 is 9.18 Å². The van der Waals surface area contributed by atoms with E-state index in [4.69, 9.17) is 5.73 Å². The van der Waals surface area contributed by atoms with Gasteiger partial charge in [-0.15, -0.1) is 12.4 Å². The van der Waals surface area contributed by atoms with E-state index in [9.17, 15) is 9.18 Å². The minimum atomic E-state index is -0.401. The number of nitrogens with two attached hydrogens (primary N) is 1. The van der Waals surface area contributed by atoms with Gasteiger partial charge in [0.1, 0.15) is 17.3 Å². The predicted molar refractivity (Wildman–Crippen MR) is 118 cm³/mol. The van der Waals surface area contributed by atoms with E-state index >= 15 is 0 Å². The van der Waals surface area contributed by atoms with Crippen LogP contribution in [0.25, 0.3) is 5.69 Å². The molecule has 4 rings (SSSR count). The van der Waals surface area contributed by atoms with Gasteiger partial charge in [-0.1, -0.05) is 42.5 Å². The van der Waals surface area contributed by atoms with Gasteiger partial charge in [-0.05, 0) is 24.6 Å². The second-order valence-electron chi connectivity index (χ2n) is 7.46. The van der Waals surface area contributed by atoms with Crippen molar-refractivity contribution in [3.8, 4) is 5.69 Å². The van der Waals surface area contributed by atoms with Crippen LogP contribution in [0.15, 0.2) is 60.7 Å². The van der Waals surface area contributed by atoms with Crippen LogP contribution < -0.4 is 11.1 Å². The van der Waals surface area contributed by atoms with E-state index in [-0.39, 0.29) is 36.8 Å². The molecule has 6 nitrogen and oxygen atoms in total. The summed E-state index contributed by atoms with van der Waals surface area (Å²) in [7, 11) is 0. The summed E-state index contributed by atoms with van der Waals surface area (Å²) in [4.78, 5) is 14.7. The number of anilines is 1. The standard InChI is InChI=1S/C22H24FN5O.ClH/c1-15-11-21(28(26-15)20-10-6-5-9-18(20)23)25-22(29)14-27-12-17(19(24)13-27)16-7-3-2-4-8-16;/h2-11,17,19H,12-14,24H2,1H3,(H,25,29);1H/t17-,19+;/m0./s1. The Bertz CT molecular complexity index is 1010. The Morgan fingerprint density at radius 1 is 1.17 bits per heavy atom. The summed E-state index contributed by atoms with van der Waals surface area (Å²) in [5, 5.41) is 7.18. The van der Waals surface area contributed by atoms with Crippen LogP contribution in [0.2, 0.25) is 0 Å². The highest BCUT2D eigenvalue weighted by molar-refractivity contribution is 5.91. The van der Waals surface area contributed by atoms with Crippen LogP contribution in [0.1, 0.15) is 17.2 Å². The Balaban J connectivity index is 0.00000256. The number of amides is 1. The second-order valence-corrected chi connectivity index (χ2v) is 7.46. The highest BCUT2D eigenvalue weighted by atomic mass is 35.5. The smallest absolute Gasteiger partial charge is 0.239 e. The van der Waals surface area contributed by atoms with Crippen molar-refractivity contribution in [1.29, 1.82) is 0 Å². The van der Waals surface area contributed by atoms with Gasteiger partial charge in [-0.3, -0.25) is 9.69 Å². The fourth-order valence-corrected chi connectivity index (χ4v) is 3.88. The van der Waals surface area contributed by atoms with Gasteiger partial charge < -0.3 is 11.1 Å². The summed E-state index contributed by atoms with van der Waals surface area (Å²) in [5.41, 5.74) is 8.50. The molecule has 30 heavy (non-hydrogen) atoms. The summed E-state index contributed by atoms with van der Waals surface area (Å²) in [6.07, 6.45) is 0. The molecule has 0 unspecified atom stereocenters. The monoisotopic (exact) mass is 429 g/mol. The lowest BCUT2D eigenvalue weighted by Crippen LogP contribution is -2.34. The van der Waals surface area contributed by atoms with Gasteiger partial charge in [0.2, 0.25) is 5.91 Å². The number of carbonyl (C=O) groups excluding carboxylic acids is 1. The van der Waals surface area contributed by atoms with Gasteiger partial charge in [0.05, 0.1) is 12.2 Å². The minimum Gasteiger partial charge on any atom is -0.326 e. The number of nitrogens with one attached hydrogen (secondary N) is 1. The van der Waals surface area contributed by atoms with Crippen LogP contribution >= 0.6 is 12.4 Å². The Morgan fingerprint density at radius 3 is 2.60 bits per heavy atom. The Labute approximate surface area is 181 Å². The molecular formula is C22H25ClFN5O. The fraction of sp³-hybridized carbons (Fsp3) is 0.273. The molecule has 8 heteroatoms. The first kappa shape index (κ1) is 22.0. The quantitative estimate of drug-likeness (QED) is 0.653. The van der Waals surface area contributed by atoms with Gasteiger partial charge in [-0.25, -0.2) is 9.07 Å². The number of para-hydroxylation sites is 1. The minimum absolute atomic E-state index is 0. The number of benzene rings is 2. The number of aryl methyl sites for hydroxylation is 1. The largest absolute Gasteiger partial charge is 0.326 e. The van der Waals surface area contributed by atoms with Crippen molar-refractivity contribution in [2.75, 3.05) is 25.0 Å². The number of carbonyl (C=O) groups is 1.